The molecule has 0 spiro atoms. The van der Waals surface area contributed by atoms with Crippen molar-refractivity contribution in [1.29, 1.82) is 0 Å². The van der Waals surface area contributed by atoms with Crippen molar-refractivity contribution in [2.24, 2.45) is 0 Å². The average Bonchev–Trinajstić information content (AvgIpc) is 2.46. The number of esters is 1. The summed E-state index contributed by atoms with van der Waals surface area (Å²) in [6.07, 6.45) is 1.36. The van der Waals surface area contributed by atoms with Crippen LogP contribution >= 0.6 is 11.6 Å². The van der Waals surface area contributed by atoms with Crippen molar-refractivity contribution in [3.63, 3.8) is 0 Å². The van der Waals surface area contributed by atoms with Gasteiger partial charge in [0.2, 0.25) is 0 Å². The SMILES string of the molecule is CC.CO/C=C(/C(=O)OC)c1ccccc1CCl. The van der Waals surface area contributed by atoms with E-state index in [1.54, 1.807) is 6.07 Å². The summed E-state index contributed by atoms with van der Waals surface area (Å²) in [5.41, 5.74) is 1.95. The first-order chi connectivity index (χ1) is 8.74. The van der Waals surface area contributed by atoms with E-state index in [2.05, 4.69) is 4.74 Å². The van der Waals surface area contributed by atoms with E-state index in [1.807, 2.05) is 32.0 Å². The summed E-state index contributed by atoms with van der Waals surface area (Å²) >= 11 is 5.80. The lowest BCUT2D eigenvalue weighted by atomic mass is 10.0. The van der Waals surface area contributed by atoms with Crippen LogP contribution in [0.2, 0.25) is 0 Å². The molecule has 0 atom stereocenters. The molecule has 0 saturated heterocycles. The van der Waals surface area contributed by atoms with E-state index in [9.17, 15) is 4.79 Å². The summed E-state index contributed by atoms with van der Waals surface area (Å²) in [5, 5.41) is 0. The highest BCUT2D eigenvalue weighted by Gasteiger charge is 2.15. The number of halogens is 1. The molecule has 0 bridgehead atoms. The van der Waals surface area contributed by atoms with E-state index in [0.29, 0.717) is 11.5 Å². The number of hydrogen-bond donors (Lipinski definition) is 0. The van der Waals surface area contributed by atoms with E-state index in [4.69, 9.17) is 16.3 Å². The summed E-state index contributed by atoms with van der Waals surface area (Å²) in [7, 11) is 2.81. The van der Waals surface area contributed by atoms with Crippen LogP contribution in [0.5, 0.6) is 0 Å². The summed E-state index contributed by atoms with van der Waals surface area (Å²) in [5.74, 6) is -0.117. The van der Waals surface area contributed by atoms with Gasteiger partial charge < -0.3 is 9.47 Å². The molecular weight excluding hydrogens is 252 g/mol. The molecule has 100 valence electrons. The van der Waals surface area contributed by atoms with Gasteiger partial charge in [0.1, 0.15) is 5.57 Å². The summed E-state index contributed by atoms with van der Waals surface area (Å²) in [4.78, 5) is 11.6. The smallest absolute Gasteiger partial charge is 0.341 e. The fraction of sp³-hybridized carbons (Fsp3) is 0.357. The van der Waals surface area contributed by atoms with Crippen LogP contribution in [-0.4, -0.2) is 20.2 Å². The molecule has 18 heavy (non-hydrogen) atoms. The van der Waals surface area contributed by atoms with E-state index in [-0.39, 0.29) is 0 Å². The Balaban J connectivity index is 0.00000137. The molecule has 0 aliphatic rings. The molecule has 1 aromatic rings. The van der Waals surface area contributed by atoms with Crippen molar-refractivity contribution >= 4 is 23.1 Å². The molecule has 1 rings (SSSR count). The summed E-state index contributed by atoms with van der Waals surface area (Å²) < 4.78 is 9.56. The normalized spacial score (nSPS) is 10.2. The second-order valence-corrected chi connectivity index (χ2v) is 3.32. The van der Waals surface area contributed by atoms with E-state index < -0.39 is 5.97 Å². The molecule has 0 amide bonds. The molecule has 0 radical (unpaired) electrons. The Labute approximate surface area is 113 Å². The second kappa shape index (κ2) is 9.54. The van der Waals surface area contributed by atoms with Crippen LogP contribution in [-0.2, 0) is 20.1 Å². The number of rotatable bonds is 4. The average molecular weight is 271 g/mol. The molecular formula is C14H19ClO3. The number of alkyl halides is 1. The van der Waals surface area contributed by atoms with Crippen molar-refractivity contribution in [1.82, 2.24) is 0 Å². The summed E-state index contributed by atoms with van der Waals surface area (Å²) in [6, 6.07) is 7.36. The van der Waals surface area contributed by atoms with Crippen LogP contribution in [0, 0.1) is 0 Å². The molecule has 1 aromatic carbocycles. The van der Waals surface area contributed by atoms with Crippen LogP contribution in [0.15, 0.2) is 30.5 Å². The Kier molecular flexibility index (Phi) is 8.76. The lowest BCUT2D eigenvalue weighted by Crippen LogP contribution is -2.06. The Morgan fingerprint density at radius 2 is 1.89 bits per heavy atom. The van der Waals surface area contributed by atoms with Gasteiger partial charge in [-0.3, -0.25) is 0 Å². The van der Waals surface area contributed by atoms with Gasteiger partial charge in [-0.15, -0.1) is 11.6 Å². The van der Waals surface area contributed by atoms with Gasteiger partial charge >= 0.3 is 5.97 Å². The fourth-order valence-electron chi connectivity index (χ4n) is 1.35. The van der Waals surface area contributed by atoms with E-state index >= 15 is 0 Å². The Morgan fingerprint density at radius 1 is 1.28 bits per heavy atom. The number of hydrogen-bond acceptors (Lipinski definition) is 3. The van der Waals surface area contributed by atoms with Crippen molar-refractivity contribution in [3.8, 4) is 0 Å². The molecule has 0 heterocycles. The minimum atomic E-state index is -0.445. The lowest BCUT2D eigenvalue weighted by molar-refractivity contribution is -0.133. The van der Waals surface area contributed by atoms with E-state index in [0.717, 1.165) is 11.1 Å². The number of carbonyl (C=O) groups is 1. The highest BCUT2D eigenvalue weighted by atomic mass is 35.5. The van der Waals surface area contributed by atoms with Crippen LogP contribution < -0.4 is 0 Å². The molecule has 3 nitrogen and oxygen atoms in total. The van der Waals surface area contributed by atoms with Crippen LogP contribution in [0.25, 0.3) is 5.57 Å². The molecule has 0 N–H and O–H groups in total. The third-order valence-electron chi connectivity index (χ3n) is 2.09. The van der Waals surface area contributed by atoms with Crippen LogP contribution in [0.4, 0.5) is 0 Å². The van der Waals surface area contributed by atoms with Crippen LogP contribution in [0.1, 0.15) is 25.0 Å². The predicted molar refractivity (Wildman–Crippen MR) is 74.3 cm³/mol. The van der Waals surface area contributed by atoms with Gasteiger partial charge in [-0.25, -0.2) is 4.79 Å². The van der Waals surface area contributed by atoms with Gasteiger partial charge in [0.05, 0.1) is 20.5 Å². The Bertz CT molecular complexity index is 400. The van der Waals surface area contributed by atoms with Gasteiger partial charge in [0.25, 0.3) is 0 Å². The number of methoxy groups -OCH3 is 2. The molecule has 0 saturated carbocycles. The van der Waals surface area contributed by atoms with Gasteiger partial charge in [0.15, 0.2) is 0 Å². The fourth-order valence-corrected chi connectivity index (χ4v) is 1.58. The zero-order chi connectivity index (χ0) is 14.0. The number of ether oxygens (including phenoxy) is 2. The molecule has 0 aromatic heterocycles. The number of benzene rings is 1. The molecule has 0 fully saturated rings. The molecule has 0 unspecified atom stereocenters. The number of carbonyl (C=O) groups excluding carboxylic acids is 1. The highest BCUT2D eigenvalue weighted by Crippen LogP contribution is 2.22. The summed E-state index contributed by atoms with van der Waals surface area (Å²) in [6.45, 7) is 4.00. The van der Waals surface area contributed by atoms with Crippen molar-refractivity contribution in [2.75, 3.05) is 14.2 Å². The Hall–Kier alpha value is -1.48. The third kappa shape index (κ3) is 4.41. The second-order valence-electron chi connectivity index (χ2n) is 3.05. The first-order valence-corrected chi connectivity index (χ1v) is 6.23. The van der Waals surface area contributed by atoms with E-state index in [1.165, 1.54) is 20.5 Å². The molecule has 0 aliphatic carbocycles. The third-order valence-corrected chi connectivity index (χ3v) is 2.38. The minimum absolute atomic E-state index is 0.328. The lowest BCUT2D eigenvalue weighted by Gasteiger charge is -2.09. The van der Waals surface area contributed by atoms with Gasteiger partial charge in [0, 0.05) is 5.88 Å². The molecule has 4 heteroatoms. The zero-order valence-electron chi connectivity index (χ0n) is 11.2. The maximum Gasteiger partial charge on any atom is 0.341 e. The van der Waals surface area contributed by atoms with Crippen molar-refractivity contribution in [3.05, 3.63) is 41.7 Å². The van der Waals surface area contributed by atoms with Crippen molar-refractivity contribution in [2.45, 2.75) is 19.7 Å². The topological polar surface area (TPSA) is 35.5 Å². The maximum absolute atomic E-state index is 11.6. The maximum atomic E-state index is 11.6. The first kappa shape index (κ1) is 16.5. The highest BCUT2D eigenvalue weighted by molar-refractivity contribution is 6.19. The molecule has 0 aliphatic heterocycles. The van der Waals surface area contributed by atoms with Crippen LogP contribution in [0.3, 0.4) is 0 Å². The van der Waals surface area contributed by atoms with Gasteiger partial charge in [-0.1, -0.05) is 38.1 Å². The minimum Gasteiger partial charge on any atom is -0.503 e. The monoisotopic (exact) mass is 270 g/mol. The Morgan fingerprint density at radius 3 is 2.39 bits per heavy atom. The largest absolute Gasteiger partial charge is 0.503 e. The zero-order valence-corrected chi connectivity index (χ0v) is 12.0. The van der Waals surface area contributed by atoms with Gasteiger partial charge in [-0.2, -0.15) is 0 Å². The quantitative estimate of drug-likeness (QED) is 0.363. The first-order valence-electron chi connectivity index (χ1n) is 5.70. The van der Waals surface area contributed by atoms with Crippen molar-refractivity contribution < 1.29 is 14.3 Å². The predicted octanol–water partition coefficient (Wildman–Crippen LogP) is 3.61. The van der Waals surface area contributed by atoms with Gasteiger partial charge in [-0.05, 0) is 11.1 Å². The standard InChI is InChI=1S/C12H13ClO3.C2H6/c1-15-8-11(12(14)16-2)10-6-4-3-5-9(10)7-13;1-2/h3-6,8H,7H2,1-2H3;1-2H3/b11-8+;.